The maximum Gasteiger partial charge on any atom is 0.243 e. The van der Waals surface area contributed by atoms with Crippen LogP contribution in [0.4, 0.5) is 4.39 Å². The lowest BCUT2D eigenvalue weighted by molar-refractivity contribution is -0.126. The van der Waals surface area contributed by atoms with E-state index in [9.17, 15) is 17.6 Å². The van der Waals surface area contributed by atoms with Crippen molar-refractivity contribution in [1.29, 1.82) is 0 Å². The molecule has 1 amide bonds. The number of hydrogen-bond acceptors (Lipinski definition) is 6. The van der Waals surface area contributed by atoms with Gasteiger partial charge >= 0.3 is 0 Å². The van der Waals surface area contributed by atoms with Crippen LogP contribution in [0.2, 0.25) is 0 Å². The summed E-state index contributed by atoms with van der Waals surface area (Å²) in [5.74, 6) is 0.118. The Kier molecular flexibility index (Phi) is 6.26. The molecule has 1 N–H and O–H groups in total. The highest BCUT2D eigenvalue weighted by Crippen LogP contribution is 2.36. The molecule has 0 atom stereocenters. The number of carbonyl (C=O) groups is 1. The molecular formula is C20H19BrFN3O5S. The molecule has 11 heteroatoms. The molecule has 0 aliphatic carbocycles. The SMILES string of the molecule is O=C(N/N=C\c1cc2c(cc1Br)OCO2)C1CCN(S(=O)(=O)c2ccc(F)cc2)CC1. The van der Waals surface area contributed by atoms with Gasteiger partial charge < -0.3 is 9.47 Å². The summed E-state index contributed by atoms with van der Waals surface area (Å²) in [6.07, 6.45) is 2.24. The number of rotatable bonds is 5. The molecule has 2 aromatic carbocycles. The topological polar surface area (TPSA) is 97.3 Å². The summed E-state index contributed by atoms with van der Waals surface area (Å²) in [6.45, 7) is 0.569. The van der Waals surface area contributed by atoms with Crippen molar-refractivity contribution >= 4 is 38.1 Å². The lowest BCUT2D eigenvalue weighted by Crippen LogP contribution is -2.42. The molecule has 164 valence electrons. The van der Waals surface area contributed by atoms with E-state index in [0.717, 1.165) is 16.6 Å². The van der Waals surface area contributed by atoms with Gasteiger partial charge in [-0.25, -0.2) is 18.2 Å². The fourth-order valence-corrected chi connectivity index (χ4v) is 5.30. The molecule has 0 aromatic heterocycles. The minimum atomic E-state index is -3.71. The van der Waals surface area contributed by atoms with E-state index in [0.29, 0.717) is 29.9 Å². The van der Waals surface area contributed by atoms with Gasteiger partial charge in [-0.3, -0.25) is 4.79 Å². The van der Waals surface area contributed by atoms with E-state index < -0.39 is 15.8 Å². The van der Waals surface area contributed by atoms with Crippen LogP contribution >= 0.6 is 15.9 Å². The van der Waals surface area contributed by atoms with E-state index in [4.69, 9.17) is 9.47 Å². The van der Waals surface area contributed by atoms with E-state index in [-0.39, 0.29) is 36.6 Å². The fraction of sp³-hybridized carbons (Fsp3) is 0.300. The number of nitrogens with zero attached hydrogens (tertiary/aromatic N) is 2. The summed E-state index contributed by atoms with van der Waals surface area (Å²) in [6, 6.07) is 8.23. The van der Waals surface area contributed by atoms with Crippen LogP contribution in [0, 0.1) is 11.7 Å². The Bertz CT molecular complexity index is 1120. The molecule has 1 saturated heterocycles. The second-order valence-corrected chi connectivity index (χ2v) is 9.89. The second-order valence-electron chi connectivity index (χ2n) is 7.09. The lowest BCUT2D eigenvalue weighted by Gasteiger charge is -2.30. The van der Waals surface area contributed by atoms with Gasteiger partial charge in [-0.2, -0.15) is 9.41 Å². The Labute approximate surface area is 187 Å². The number of carbonyl (C=O) groups excluding carboxylic acids is 1. The van der Waals surface area contributed by atoms with Crippen molar-refractivity contribution in [3.8, 4) is 11.5 Å². The zero-order valence-electron chi connectivity index (χ0n) is 16.3. The number of halogens is 2. The first-order valence-corrected chi connectivity index (χ1v) is 11.8. The van der Waals surface area contributed by atoms with E-state index in [2.05, 4.69) is 26.5 Å². The Hall–Kier alpha value is -2.50. The Morgan fingerprint density at radius 3 is 2.48 bits per heavy atom. The Morgan fingerprint density at radius 1 is 1.16 bits per heavy atom. The van der Waals surface area contributed by atoms with E-state index in [1.54, 1.807) is 12.1 Å². The number of ether oxygens (including phenoxy) is 2. The van der Waals surface area contributed by atoms with Gasteiger partial charge in [-0.1, -0.05) is 0 Å². The number of fused-ring (bicyclic) bond motifs is 1. The highest BCUT2D eigenvalue weighted by molar-refractivity contribution is 9.10. The minimum Gasteiger partial charge on any atom is -0.454 e. The molecular weight excluding hydrogens is 493 g/mol. The number of hydrazone groups is 1. The van der Waals surface area contributed by atoms with Gasteiger partial charge in [0, 0.05) is 29.0 Å². The predicted molar refractivity (Wildman–Crippen MR) is 114 cm³/mol. The Morgan fingerprint density at radius 2 is 1.81 bits per heavy atom. The second kappa shape index (κ2) is 8.93. The maximum absolute atomic E-state index is 13.1. The van der Waals surface area contributed by atoms with Crippen LogP contribution in [0.5, 0.6) is 11.5 Å². The minimum absolute atomic E-state index is 0.0377. The van der Waals surface area contributed by atoms with Gasteiger partial charge in [0.2, 0.25) is 22.7 Å². The first kappa shape index (κ1) is 21.7. The molecule has 0 unspecified atom stereocenters. The van der Waals surface area contributed by atoms with Crippen LogP contribution < -0.4 is 14.9 Å². The molecule has 31 heavy (non-hydrogen) atoms. The molecule has 1 fully saturated rings. The normalized spacial score (nSPS) is 17.2. The van der Waals surface area contributed by atoms with E-state index in [1.165, 1.54) is 22.7 Å². The number of piperidine rings is 1. The maximum atomic E-state index is 13.1. The first-order valence-electron chi connectivity index (χ1n) is 9.52. The third-order valence-corrected chi connectivity index (χ3v) is 7.75. The molecule has 0 bridgehead atoms. The largest absolute Gasteiger partial charge is 0.454 e. The van der Waals surface area contributed by atoms with Crippen LogP contribution in [-0.4, -0.2) is 44.7 Å². The smallest absolute Gasteiger partial charge is 0.243 e. The van der Waals surface area contributed by atoms with Gasteiger partial charge in [0.05, 0.1) is 11.1 Å². The Balaban J connectivity index is 1.32. The van der Waals surface area contributed by atoms with Crippen LogP contribution in [0.25, 0.3) is 0 Å². The van der Waals surface area contributed by atoms with Crippen molar-refractivity contribution < 1.29 is 27.1 Å². The molecule has 0 spiro atoms. The molecule has 0 radical (unpaired) electrons. The van der Waals surface area contributed by atoms with Crippen LogP contribution in [0.3, 0.4) is 0 Å². The van der Waals surface area contributed by atoms with Crippen LogP contribution in [-0.2, 0) is 14.8 Å². The summed E-state index contributed by atoms with van der Waals surface area (Å²) >= 11 is 3.42. The van der Waals surface area contributed by atoms with Crippen LogP contribution in [0.1, 0.15) is 18.4 Å². The average Bonchev–Trinajstić information content (AvgIpc) is 3.21. The van der Waals surface area contributed by atoms with Gasteiger partial charge in [-0.05, 0) is 65.2 Å². The summed E-state index contributed by atoms with van der Waals surface area (Å²) in [7, 11) is -3.71. The highest BCUT2D eigenvalue weighted by atomic mass is 79.9. The summed E-state index contributed by atoms with van der Waals surface area (Å²) in [4.78, 5) is 12.5. The zero-order chi connectivity index (χ0) is 22.0. The average molecular weight is 512 g/mol. The van der Waals surface area contributed by atoms with E-state index in [1.807, 2.05) is 0 Å². The van der Waals surface area contributed by atoms with Crippen LogP contribution in [0.15, 0.2) is 50.9 Å². The number of sulfonamides is 1. The first-order chi connectivity index (χ1) is 14.8. The quantitative estimate of drug-likeness (QED) is 0.491. The number of benzene rings is 2. The number of hydrogen-bond donors (Lipinski definition) is 1. The molecule has 2 aromatic rings. The fourth-order valence-electron chi connectivity index (χ4n) is 3.40. The van der Waals surface area contributed by atoms with Gasteiger partial charge in [0.15, 0.2) is 11.5 Å². The molecule has 0 saturated carbocycles. The highest BCUT2D eigenvalue weighted by Gasteiger charge is 2.32. The predicted octanol–water partition coefficient (Wildman–Crippen LogP) is 2.87. The van der Waals surface area contributed by atoms with Crippen molar-refractivity contribution in [2.45, 2.75) is 17.7 Å². The number of amides is 1. The third kappa shape index (κ3) is 4.73. The van der Waals surface area contributed by atoms with Crippen molar-refractivity contribution in [3.63, 3.8) is 0 Å². The standard InChI is InChI=1S/C20H19BrFN3O5S/c21-17-10-19-18(29-12-30-19)9-14(17)11-23-24-20(26)13-5-7-25(8-6-13)31(27,28)16-3-1-15(22)2-4-16/h1-4,9-11,13H,5-8,12H2,(H,24,26)/b23-11-. The molecule has 4 rings (SSSR count). The molecule has 2 heterocycles. The molecule has 2 aliphatic rings. The van der Waals surface area contributed by atoms with Crippen molar-refractivity contribution in [1.82, 2.24) is 9.73 Å². The van der Waals surface area contributed by atoms with E-state index >= 15 is 0 Å². The molecule has 8 nitrogen and oxygen atoms in total. The van der Waals surface area contributed by atoms with Gasteiger partial charge in [0.1, 0.15) is 5.82 Å². The molecule has 2 aliphatic heterocycles. The third-order valence-electron chi connectivity index (χ3n) is 5.15. The summed E-state index contributed by atoms with van der Waals surface area (Å²) in [5.41, 5.74) is 3.23. The van der Waals surface area contributed by atoms with Crippen molar-refractivity contribution in [2.75, 3.05) is 19.9 Å². The number of nitrogens with one attached hydrogen (secondary N) is 1. The lowest BCUT2D eigenvalue weighted by atomic mass is 9.98. The van der Waals surface area contributed by atoms with Gasteiger partial charge in [0.25, 0.3) is 0 Å². The summed E-state index contributed by atoms with van der Waals surface area (Å²) in [5, 5.41) is 4.01. The summed E-state index contributed by atoms with van der Waals surface area (Å²) < 4.78 is 51.1. The van der Waals surface area contributed by atoms with Crippen molar-refractivity contribution in [3.05, 3.63) is 52.3 Å². The van der Waals surface area contributed by atoms with Gasteiger partial charge in [-0.15, -0.1) is 0 Å². The zero-order valence-corrected chi connectivity index (χ0v) is 18.7. The van der Waals surface area contributed by atoms with Crippen molar-refractivity contribution in [2.24, 2.45) is 11.0 Å². The monoisotopic (exact) mass is 511 g/mol.